The minimum atomic E-state index is -0.410. The molecule has 7 nitrogen and oxygen atoms in total. The standard InChI is InChI=1S/C14H23N5O2/c1-9(2)13-18-16-8-19(13)5-4-15-14(21)11-6-10(3)7-12(20)17-11/h8-11H,4-7H2,1-3H3,(H,15,21)(H,17,20)/t10-,11-/m0/s1. The molecule has 0 aromatic carbocycles. The van der Waals surface area contributed by atoms with Gasteiger partial charge in [0.05, 0.1) is 0 Å². The molecule has 1 aliphatic rings. The Bertz CT molecular complexity index is 511. The fourth-order valence-corrected chi connectivity index (χ4v) is 2.59. The summed E-state index contributed by atoms with van der Waals surface area (Å²) in [6.07, 6.45) is 2.87. The summed E-state index contributed by atoms with van der Waals surface area (Å²) in [5, 5.41) is 13.6. The second-order valence-corrected chi connectivity index (χ2v) is 5.99. The zero-order chi connectivity index (χ0) is 15.4. The number of rotatable bonds is 5. The molecule has 0 spiro atoms. The van der Waals surface area contributed by atoms with Crippen LogP contribution >= 0.6 is 0 Å². The van der Waals surface area contributed by atoms with E-state index in [4.69, 9.17) is 0 Å². The van der Waals surface area contributed by atoms with E-state index in [0.717, 1.165) is 5.82 Å². The lowest BCUT2D eigenvalue weighted by Crippen LogP contribution is -2.51. The molecule has 0 radical (unpaired) electrons. The maximum absolute atomic E-state index is 12.1. The van der Waals surface area contributed by atoms with Gasteiger partial charge in [-0.3, -0.25) is 9.59 Å². The van der Waals surface area contributed by atoms with Crippen molar-refractivity contribution >= 4 is 11.8 Å². The molecule has 2 heterocycles. The Labute approximate surface area is 124 Å². The first-order chi connectivity index (χ1) is 9.97. The number of nitrogens with zero attached hydrogens (tertiary/aromatic N) is 3. The Hall–Kier alpha value is -1.92. The number of hydrogen-bond donors (Lipinski definition) is 2. The molecule has 2 rings (SSSR count). The molecule has 1 aromatic rings. The molecule has 0 aliphatic carbocycles. The molecule has 1 saturated heterocycles. The van der Waals surface area contributed by atoms with Gasteiger partial charge < -0.3 is 15.2 Å². The van der Waals surface area contributed by atoms with Crippen molar-refractivity contribution in [2.75, 3.05) is 6.54 Å². The van der Waals surface area contributed by atoms with Gasteiger partial charge in [0.25, 0.3) is 0 Å². The van der Waals surface area contributed by atoms with Crippen LogP contribution < -0.4 is 10.6 Å². The third kappa shape index (κ3) is 4.03. The minimum absolute atomic E-state index is 0.0465. The summed E-state index contributed by atoms with van der Waals surface area (Å²) in [7, 11) is 0. The average molecular weight is 293 g/mol. The summed E-state index contributed by atoms with van der Waals surface area (Å²) >= 11 is 0. The smallest absolute Gasteiger partial charge is 0.242 e. The lowest BCUT2D eigenvalue weighted by Gasteiger charge is -2.26. The molecule has 0 bridgehead atoms. The second-order valence-electron chi connectivity index (χ2n) is 5.99. The predicted molar refractivity (Wildman–Crippen MR) is 77.4 cm³/mol. The number of amides is 2. The molecule has 0 unspecified atom stereocenters. The number of carbonyl (C=O) groups is 2. The van der Waals surface area contributed by atoms with Gasteiger partial charge in [-0.05, 0) is 12.3 Å². The third-order valence-electron chi connectivity index (χ3n) is 3.64. The van der Waals surface area contributed by atoms with Gasteiger partial charge in [-0.15, -0.1) is 10.2 Å². The second kappa shape index (κ2) is 6.69. The van der Waals surface area contributed by atoms with Crippen molar-refractivity contribution in [3.05, 3.63) is 12.2 Å². The minimum Gasteiger partial charge on any atom is -0.353 e. The molecule has 1 aliphatic heterocycles. The summed E-state index contributed by atoms with van der Waals surface area (Å²) in [6.45, 7) is 7.22. The van der Waals surface area contributed by atoms with Gasteiger partial charge in [-0.25, -0.2) is 0 Å². The van der Waals surface area contributed by atoms with E-state index >= 15 is 0 Å². The highest BCUT2D eigenvalue weighted by atomic mass is 16.2. The summed E-state index contributed by atoms with van der Waals surface area (Å²) in [5.41, 5.74) is 0. The Morgan fingerprint density at radius 1 is 1.57 bits per heavy atom. The van der Waals surface area contributed by atoms with E-state index in [1.165, 1.54) is 0 Å². The van der Waals surface area contributed by atoms with Gasteiger partial charge in [0.1, 0.15) is 18.2 Å². The first-order valence-corrected chi connectivity index (χ1v) is 7.42. The highest BCUT2D eigenvalue weighted by Crippen LogP contribution is 2.16. The van der Waals surface area contributed by atoms with E-state index in [1.54, 1.807) is 6.33 Å². The largest absolute Gasteiger partial charge is 0.353 e. The summed E-state index contributed by atoms with van der Waals surface area (Å²) in [6, 6.07) is -0.410. The molecule has 1 aromatic heterocycles. The van der Waals surface area contributed by atoms with Gasteiger partial charge in [-0.1, -0.05) is 20.8 Å². The third-order valence-corrected chi connectivity index (χ3v) is 3.64. The highest BCUT2D eigenvalue weighted by molar-refractivity contribution is 5.88. The van der Waals surface area contributed by atoms with E-state index in [-0.39, 0.29) is 17.7 Å². The Balaban J connectivity index is 1.81. The number of carbonyl (C=O) groups excluding carboxylic acids is 2. The van der Waals surface area contributed by atoms with Crippen LogP contribution in [0.3, 0.4) is 0 Å². The first kappa shape index (κ1) is 15.5. The quantitative estimate of drug-likeness (QED) is 0.824. The van der Waals surface area contributed by atoms with Gasteiger partial charge in [0, 0.05) is 25.4 Å². The fraction of sp³-hybridized carbons (Fsp3) is 0.714. The predicted octanol–water partition coefficient (Wildman–Crippen LogP) is 0.432. The number of hydrogen-bond acceptors (Lipinski definition) is 4. The van der Waals surface area contributed by atoms with Crippen molar-refractivity contribution in [3.63, 3.8) is 0 Å². The zero-order valence-corrected chi connectivity index (χ0v) is 12.8. The average Bonchev–Trinajstić information content (AvgIpc) is 2.86. The van der Waals surface area contributed by atoms with Crippen molar-refractivity contribution in [2.24, 2.45) is 5.92 Å². The van der Waals surface area contributed by atoms with Crippen LogP contribution in [0.25, 0.3) is 0 Å². The van der Waals surface area contributed by atoms with Crippen LogP contribution in [0.1, 0.15) is 45.4 Å². The van der Waals surface area contributed by atoms with Gasteiger partial charge in [0.15, 0.2) is 0 Å². The normalized spacial score (nSPS) is 22.2. The van der Waals surface area contributed by atoms with Crippen LogP contribution in [0.5, 0.6) is 0 Å². The number of piperidine rings is 1. The molecule has 0 saturated carbocycles. The first-order valence-electron chi connectivity index (χ1n) is 7.42. The van der Waals surface area contributed by atoms with Crippen molar-refractivity contribution in [3.8, 4) is 0 Å². The highest BCUT2D eigenvalue weighted by Gasteiger charge is 2.28. The van der Waals surface area contributed by atoms with E-state index in [9.17, 15) is 9.59 Å². The van der Waals surface area contributed by atoms with Crippen LogP contribution in [0, 0.1) is 5.92 Å². The van der Waals surface area contributed by atoms with Crippen molar-refractivity contribution in [1.82, 2.24) is 25.4 Å². The topological polar surface area (TPSA) is 88.9 Å². The van der Waals surface area contributed by atoms with E-state index in [2.05, 4.69) is 34.7 Å². The summed E-state index contributed by atoms with van der Waals surface area (Å²) < 4.78 is 1.94. The molecule has 7 heteroatoms. The van der Waals surface area contributed by atoms with E-state index in [1.807, 2.05) is 11.5 Å². The Morgan fingerprint density at radius 3 is 3.00 bits per heavy atom. The molecule has 1 fully saturated rings. The molecule has 2 N–H and O–H groups in total. The van der Waals surface area contributed by atoms with Crippen LogP contribution in [0.2, 0.25) is 0 Å². The van der Waals surface area contributed by atoms with E-state index in [0.29, 0.717) is 31.8 Å². The van der Waals surface area contributed by atoms with Gasteiger partial charge in [0.2, 0.25) is 11.8 Å². The zero-order valence-electron chi connectivity index (χ0n) is 12.8. The Morgan fingerprint density at radius 2 is 2.33 bits per heavy atom. The fourth-order valence-electron chi connectivity index (χ4n) is 2.59. The van der Waals surface area contributed by atoms with Gasteiger partial charge >= 0.3 is 0 Å². The number of aromatic nitrogens is 3. The molecule has 21 heavy (non-hydrogen) atoms. The van der Waals surface area contributed by atoms with Crippen molar-refractivity contribution in [2.45, 2.75) is 52.1 Å². The van der Waals surface area contributed by atoms with Crippen LogP contribution in [-0.4, -0.2) is 39.2 Å². The van der Waals surface area contributed by atoms with Crippen LogP contribution in [0.4, 0.5) is 0 Å². The monoisotopic (exact) mass is 293 g/mol. The summed E-state index contributed by atoms with van der Waals surface area (Å²) in [5.74, 6) is 1.29. The summed E-state index contributed by atoms with van der Waals surface area (Å²) in [4.78, 5) is 23.5. The molecule has 2 amide bonds. The number of nitrogens with one attached hydrogen (secondary N) is 2. The maximum Gasteiger partial charge on any atom is 0.242 e. The van der Waals surface area contributed by atoms with Crippen LogP contribution in [0.15, 0.2) is 6.33 Å². The van der Waals surface area contributed by atoms with Crippen molar-refractivity contribution < 1.29 is 9.59 Å². The lowest BCUT2D eigenvalue weighted by molar-refractivity contribution is -0.132. The van der Waals surface area contributed by atoms with Crippen molar-refractivity contribution in [1.29, 1.82) is 0 Å². The molecular weight excluding hydrogens is 270 g/mol. The van der Waals surface area contributed by atoms with Crippen LogP contribution in [-0.2, 0) is 16.1 Å². The molecular formula is C14H23N5O2. The van der Waals surface area contributed by atoms with Gasteiger partial charge in [-0.2, -0.15) is 0 Å². The Kier molecular flexibility index (Phi) is 4.93. The lowest BCUT2D eigenvalue weighted by atomic mass is 9.93. The van der Waals surface area contributed by atoms with E-state index < -0.39 is 6.04 Å². The molecule has 2 atom stereocenters. The molecule has 116 valence electrons. The maximum atomic E-state index is 12.1. The SMILES string of the molecule is CC(C)c1nncn1CCNC(=O)[C@@H]1C[C@H](C)CC(=O)N1.